The second kappa shape index (κ2) is 7.33. The summed E-state index contributed by atoms with van der Waals surface area (Å²) in [6.45, 7) is 2.19. The number of ether oxygens (including phenoxy) is 3. The maximum absolute atomic E-state index is 5.52. The molecule has 2 aromatic rings. The number of hydrogen-bond donors (Lipinski definition) is 2. The largest absolute Gasteiger partial charge is 0.493 e. The summed E-state index contributed by atoms with van der Waals surface area (Å²) in [5, 5.41) is 7.34. The van der Waals surface area contributed by atoms with Crippen molar-refractivity contribution in [2.75, 3.05) is 27.0 Å². The highest BCUT2D eigenvalue weighted by Crippen LogP contribution is 2.42. The van der Waals surface area contributed by atoms with E-state index in [1.165, 1.54) is 11.1 Å². The van der Waals surface area contributed by atoms with Crippen molar-refractivity contribution in [3.63, 3.8) is 0 Å². The monoisotopic (exact) mass is 340 g/mol. The number of piperazine rings is 1. The lowest BCUT2D eigenvalue weighted by molar-refractivity contribution is 0.171. The van der Waals surface area contributed by atoms with E-state index in [1.807, 2.05) is 6.07 Å². The van der Waals surface area contributed by atoms with Crippen molar-refractivity contribution in [3.8, 4) is 17.2 Å². The number of hydrogen-bond acceptors (Lipinski definition) is 5. The van der Waals surface area contributed by atoms with E-state index in [1.54, 1.807) is 7.11 Å². The lowest BCUT2D eigenvalue weighted by atomic mass is 9.99. The van der Waals surface area contributed by atoms with Gasteiger partial charge in [-0.3, -0.25) is 0 Å². The Labute approximate surface area is 148 Å². The van der Waals surface area contributed by atoms with Gasteiger partial charge in [0.2, 0.25) is 12.5 Å². The zero-order valence-electron chi connectivity index (χ0n) is 14.5. The average molecular weight is 340 g/mol. The molecule has 2 atom stereocenters. The molecule has 0 spiro atoms. The van der Waals surface area contributed by atoms with Gasteiger partial charge in [-0.25, -0.2) is 0 Å². The normalized spacial score (nSPS) is 22.0. The van der Waals surface area contributed by atoms with E-state index in [-0.39, 0.29) is 6.79 Å². The van der Waals surface area contributed by atoms with Gasteiger partial charge in [0.05, 0.1) is 7.11 Å². The molecule has 0 aromatic heterocycles. The molecule has 132 valence electrons. The lowest BCUT2D eigenvalue weighted by Crippen LogP contribution is -2.55. The second-order valence-electron chi connectivity index (χ2n) is 6.64. The fraction of sp³-hybridized carbons (Fsp3) is 0.400. The molecule has 0 radical (unpaired) electrons. The average Bonchev–Trinajstić information content (AvgIpc) is 3.12. The van der Waals surface area contributed by atoms with Gasteiger partial charge in [0, 0.05) is 25.2 Å². The van der Waals surface area contributed by atoms with Crippen LogP contribution in [0.25, 0.3) is 0 Å². The highest BCUT2D eigenvalue weighted by atomic mass is 16.7. The summed E-state index contributed by atoms with van der Waals surface area (Å²) >= 11 is 0. The third kappa shape index (κ3) is 3.72. The van der Waals surface area contributed by atoms with Crippen LogP contribution < -0.4 is 24.8 Å². The number of nitrogens with one attached hydrogen (secondary N) is 2. The molecule has 2 heterocycles. The molecule has 2 aromatic carbocycles. The zero-order valence-corrected chi connectivity index (χ0v) is 14.5. The molecule has 1 saturated heterocycles. The van der Waals surface area contributed by atoms with Crippen molar-refractivity contribution in [1.29, 1.82) is 0 Å². The van der Waals surface area contributed by atoms with E-state index in [4.69, 9.17) is 14.2 Å². The summed E-state index contributed by atoms with van der Waals surface area (Å²) in [5.41, 5.74) is 2.57. The van der Waals surface area contributed by atoms with Gasteiger partial charge in [-0.05, 0) is 36.1 Å². The Morgan fingerprint density at radius 2 is 1.68 bits per heavy atom. The first-order valence-corrected chi connectivity index (χ1v) is 8.79. The summed E-state index contributed by atoms with van der Waals surface area (Å²) < 4.78 is 16.4. The van der Waals surface area contributed by atoms with E-state index in [9.17, 15) is 0 Å². The minimum Gasteiger partial charge on any atom is -0.493 e. The molecule has 0 saturated carbocycles. The van der Waals surface area contributed by atoms with E-state index >= 15 is 0 Å². The molecule has 5 nitrogen and oxygen atoms in total. The Morgan fingerprint density at radius 3 is 2.36 bits per heavy atom. The van der Waals surface area contributed by atoms with Crippen molar-refractivity contribution in [3.05, 3.63) is 53.6 Å². The second-order valence-corrected chi connectivity index (χ2v) is 6.64. The molecule has 0 unspecified atom stereocenters. The Bertz CT molecular complexity index is 712. The molecule has 5 heteroatoms. The Morgan fingerprint density at radius 1 is 0.960 bits per heavy atom. The molecular weight excluding hydrogens is 316 g/mol. The van der Waals surface area contributed by atoms with Gasteiger partial charge < -0.3 is 24.8 Å². The van der Waals surface area contributed by atoms with Crippen molar-refractivity contribution in [1.82, 2.24) is 10.6 Å². The maximum Gasteiger partial charge on any atom is 0.231 e. The fourth-order valence-corrected chi connectivity index (χ4v) is 3.54. The fourth-order valence-electron chi connectivity index (χ4n) is 3.54. The highest BCUT2D eigenvalue weighted by molar-refractivity contribution is 5.55. The first-order valence-electron chi connectivity index (χ1n) is 8.79. The summed E-state index contributed by atoms with van der Waals surface area (Å²) in [6.07, 6.45) is 1.98. The minimum atomic E-state index is 0.263. The van der Waals surface area contributed by atoms with Gasteiger partial charge in [-0.2, -0.15) is 0 Å². The molecule has 2 N–H and O–H groups in total. The molecule has 4 rings (SSSR count). The van der Waals surface area contributed by atoms with Crippen LogP contribution >= 0.6 is 0 Å². The molecule has 0 aliphatic carbocycles. The van der Waals surface area contributed by atoms with Gasteiger partial charge in [0.25, 0.3) is 0 Å². The van der Waals surface area contributed by atoms with Gasteiger partial charge >= 0.3 is 0 Å². The molecule has 2 aliphatic heterocycles. The quantitative estimate of drug-likeness (QED) is 0.873. The summed E-state index contributed by atoms with van der Waals surface area (Å²) in [6, 6.07) is 15.6. The van der Waals surface area contributed by atoms with E-state index in [0.717, 1.165) is 37.4 Å². The van der Waals surface area contributed by atoms with E-state index in [0.29, 0.717) is 17.8 Å². The molecule has 1 fully saturated rings. The summed E-state index contributed by atoms with van der Waals surface area (Å²) in [4.78, 5) is 0. The summed E-state index contributed by atoms with van der Waals surface area (Å²) in [7, 11) is 1.66. The van der Waals surface area contributed by atoms with Crippen LogP contribution in [0.3, 0.4) is 0 Å². The predicted octanol–water partition coefficient (Wildman–Crippen LogP) is 2.14. The molecule has 2 aliphatic rings. The third-order valence-corrected chi connectivity index (χ3v) is 4.83. The number of rotatable bonds is 5. The zero-order chi connectivity index (χ0) is 17.1. The minimum absolute atomic E-state index is 0.263. The SMILES string of the molecule is COc1cc(C[C@H]2CN[C@@H](Cc3ccccc3)CN2)cc2c1OCO2. The van der Waals surface area contributed by atoms with Crippen LogP contribution in [0.15, 0.2) is 42.5 Å². The standard InChI is InChI=1S/C20H24N2O3/c1-23-18-9-15(10-19-20(18)25-13-24-19)8-17-12-21-16(11-22-17)7-14-5-3-2-4-6-14/h2-6,9-10,16-17,21-22H,7-8,11-13H2,1H3/t16-,17-/m0/s1. The van der Waals surface area contributed by atoms with Crippen LogP contribution in [-0.4, -0.2) is 39.1 Å². The van der Waals surface area contributed by atoms with Crippen molar-refractivity contribution in [2.45, 2.75) is 24.9 Å². The Balaban J connectivity index is 1.34. The molecule has 25 heavy (non-hydrogen) atoms. The van der Waals surface area contributed by atoms with E-state index in [2.05, 4.69) is 47.0 Å². The number of fused-ring (bicyclic) bond motifs is 1. The smallest absolute Gasteiger partial charge is 0.231 e. The van der Waals surface area contributed by atoms with E-state index < -0.39 is 0 Å². The lowest BCUT2D eigenvalue weighted by Gasteiger charge is -2.31. The van der Waals surface area contributed by atoms with Crippen LogP contribution in [0.4, 0.5) is 0 Å². The molecular formula is C20H24N2O3. The van der Waals surface area contributed by atoms with Crippen LogP contribution in [0, 0.1) is 0 Å². The van der Waals surface area contributed by atoms with Crippen LogP contribution in [-0.2, 0) is 12.8 Å². The van der Waals surface area contributed by atoms with Crippen LogP contribution in [0.1, 0.15) is 11.1 Å². The number of benzene rings is 2. The van der Waals surface area contributed by atoms with Crippen molar-refractivity contribution < 1.29 is 14.2 Å². The van der Waals surface area contributed by atoms with Crippen molar-refractivity contribution in [2.24, 2.45) is 0 Å². The number of methoxy groups -OCH3 is 1. The topological polar surface area (TPSA) is 51.8 Å². The van der Waals surface area contributed by atoms with Gasteiger partial charge in [-0.1, -0.05) is 30.3 Å². The van der Waals surface area contributed by atoms with Gasteiger partial charge in [0.1, 0.15) is 0 Å². The Hall–Kier alpha value is -2.24. The maximum atomic E-state index is 5.52. The Kier molecular flexibility index (Phi) is 4.76. The van der Waals surface area contributed by atoms with Crippen LogP contribution in [0.2, 0.25) is 0 Å². The predicted molar refractivity (Wildman–Crippen MR) is 96.5 cm³/mol. The van der Waals surface area contributed by atoms with Crippen molar-refractivity contribution >= 4 is 0 Å². The van der Waals surface area contributed by atoms with Gasteiger partial charge in [0.15, 0.2) is 11.5 Å². The summed E-state index contributed by atoms with van der Waals surface area (Å²) in [5.74, 6) is 2.24. The molecule has 0 bridgehead atoms. The first-order chi connectivity index (χ1) is 12.3. The first kappa shape index (κ1) is 16.2. The van der Waals surface area contributed by atoms with Gasteiger partial charge in [-0.15, -0.1) is 0 Å². The third-order valence-electron chi connectivity index (χ3n) is 4.83. The molecule has 0 amide bonds. The van der Waals surface area contributed by atoms with Crippen LogP contribution in [0.5, 0.6) is 17.2 Å². The highest BCUT2D eigenvalue weighted by Gasteiger charge is 2.23.